The lowest BCUT2D eigenvalue weighted by Gasteiger charge is -2.33. The molecule has 0 aliphatic carbocycles. The van der Waals surface area contributed by atoms with E-state index in [1.807, 2.05) is 13.8 Å². The van der Waals surface area contributed by atoms with Gasteiger partial charge in [-0.2, -0.15) is 0 Å². The van der Waals surface area contributed by atoms with Crippen molar-refractivity contribution in [2.24, 2.45) is 0 Å². The molecule has 0 aliphatic rings. The van der Waals surface area contributed by atoms with E-state index in [9.17, 15) is 5.11 Å². The van der Waals surface area contributed by atoms with Crippen LogP contribution in [0.25, 0.3) is 0 Å². The lowest BCUT2D eigenvalue weighted by atomic mass is 9.97. The van der Waals surface area contributed by atoms with Gasteiger partial charge in [0, 0.05) is 40.5 Å². The van der Waals surface area contributed by atoms with E-state index in [0.717, 1.165) is 39.0 Å². The van der Waals surface area contributed by atoms with E-state index in [-0.39, 0.29) is 0 Å². The fourth-order valence-electron chi connectivity index (χ4n) is 1.81. The summed E-state index contributed by atoms with van der Waals surface area (Å²) >= 11 is 0. The summed E-state index contributed by atoms with van der Waals surface area (Å²) in [5.41, 5.74) is -0.569. The molecule has 1 N–H and O–H groups in total. The molecule has 104 valence electrons. The zero-order valence-electron chi connectivity index (χ0n) is 11.9. The predicted octanol–water partition coefficient (Wildman–Crippen LogP) is 1.52. The van der Waals surface area contributed by atoms with Crippen molar-refractivity contribution >= 4 is 0 Å². The van der Waals surface area contributed by atoms with Crippen LogP contribution in [-0.2, 0) is 9.47 Å². The molecule has 0 unspecified atom stereocenters. The van der Waals surface area contributed by atoms with Crippen molar-refractivity contribution in [2.45, 2.75) is 38.7 Å². The van der Waals surface area contributed by atoms with Crippen LogP contribution in [0.15, 0.2) is 0 Å². The second kappa shape index (κ2) is 9.83. The van der Waals surface area contributed by atoms with Gasteiger partial charge in [-0.25, -0.2) is 0 Å². The molecule has 4 nitrogen and oxygen atoms in total. The molecule has 0 aromatic rings. The first kappa shape index (κ1) is 16.8. The summed E-state index contributed by atoms with van der Waals surface area (Å²) in [4.78, 5) is 2.26. The van der Waals surface area contributed by atoms with E-state index in [1.165, 1.54) is 0 Å². The molecular formula is C13H29NO3. The molecule has 0 rings (SSSR count). The zero-order valence-corrected chi connectivity index (χ0v) is 11.9. The van der Waals surface area contributed by atoms with Crippen LogP contribution in [0.1, 0.15) is 33.1 Å². The third-order valence-corrected chi connectivity index (χ3v) is 3.27. The summed E-state index contributed by atoms with van der Waals surface area (Å²) in [6.45, 7) is 8.06. The van der Waals surface area contributed by atoms with Crippen LogP contribution in [0.5, 0.6) is 0 Å². The smallest absolute Gasteiger partial charge is 0.0768 e. The molecule has 0 aliphatic heterocycles. The molecule has 0 atom stereocenters. The molecule has 0 heterocycles. The van der Waals surface area contributed by atoms with Gasteiger partial charge in [-0.15, -0.1) is 0 Å². The molecule has 17 heavy (non-hydrogen) atoms. The molecule has 0 aromatic carbocycles. The first-order valence-corrected chi connectivity index (χ1v) is 6.54. The van der Waals surface area contributed by atoms with E-state index >= 15 is 0 Å². The van der Waals surface area contributed by atoms with Gasteiger partial charge >= 0.3 is 0 Å². The molecule has 0 amide bonds. The van der Waals surface area contributed by atoms with Gasteiger partial charge in [0.2, 0.25) is 0 Å². The summed E-state index contributed by atoms with van der Waals surface area (Å²) < 4.78 is 10.2. The summed E-state index contributed by atoms with van der Waals surface area (Å²) in [5, 5.41) is 10.3. The fourth-order valence-corrected chi connectivity index (χ4v) is 1.81. The third kappa shape index (κ3) is 7.71. The maximum atomic E-state index is 10.3. The minimum absolute atomic E-state index is 0.569. The Bertz CT molecular complexity index is 172. The van der Waals surface area contributed by atoms with E-state index in [0.29, 0.717) is 13.2 Å². The van der Waals surface area contributed by atoms with E-state index in [1.54, 1.807) is 14.2 Å². The van der Waals surface area contributed by atoms with Gasteiger partial charge in [0.15, 0.2) is 0 Å². The van der Waals surface area contributed by atoms with Gasteiger partial charge in [0.1, 0.15) is 0 Å². The third-order valence-electron chi connectivity index (χ3n) is 3.27. The maximum Gasteiger partial charge on any atom is 0.0768 e. The van der Waals surface area contributed by atoms with Gasteiger partial charge in [0.05, 0.1) is 12.2 Å². The van der Waals surface area contributed by atoms with Gasteiger partial charge in [0.25, 0.3) is 0 Å². The summed E-state index contributed by atoms with van der Waals surface area (Å²) in [5.74, 6) is 0. The molecule has 0 spiro atoms. The Balaban J connectivity index is 4.15. The average molecular weight is 247 g/mol. The predicted molar refractivity (Wildman–Crippen MR) is 70.3 cm³/mol. The highest BCUT2D eigenvalue weighted by Crippen LogP contribution is 2.16. The Hall–Kier alpha value is -0.160. The number of hydrogen-bond acceptors (Lipinski definition) is 4. The Kier molecular flexibility index (Phi) is 9.74. The van der Waals surface area contributed by atoms with Gasteiger partial charge in [-0.1, -0.05) is 13.8 Å². The van der Waals surface area contributed by atoms with Crippen LogP contribution in [0.3, 0.4) is 0 Å². The van der Waals surface area contributed by atoms with Crippen molar-refractivity contribution in [1.82, 2.24) is 4.90 Å². The lowest BCUT2D eigenvalue weighted by Crippen LogP contribution is -2.44. The molecule has 4 heteroatoms. The highest BCUT2D eigenvalue weighted by Gasteiger charge is 2.25. The second-order valence-electron chi connectivity index (χ2n) is 4.55. The van der Waals surface area contributed by atoms with E-state index in [4.69, 9.17) is 9.47 Å². The lowest BCUT2D eigenvalue weighted by molar-refractivity contribution is -0.0102. The fraction of sp³-hybridized carbons (Fsp3) is 1.00. The molecule has 0 saturated carbocycles. The second-order valence-corrected chi connectivity index (χ2v) is 4.55. The quantitative estimate of drug-likeness (QED) is 0.562. The van der Waals surface area contributed by atoms with Crippen LogP contribution in [-0.4, -0.2) is 62.7 Å². The number of rotatable bonds is 11. The Morgan fingerprint density at radius 1 is 1.00 bits per heavy atom. The van der Waals surface area contributed by atoms with Gasteiger partial charge in [-0.05, 0) is 19.3 Å². The minimum atomic E-state index is -0.569. The molecular weight excluding hydrogens is 218 g/mol. The van der Waals surface area contributed by atoms with Crippen molar-refractivity contribution in [3.05, 3.63) is 0 Å². The SMILES string of the molecule is CCC(O)(CC)CN(CCCOC)CCOC. The largest absolute Gasteiger partial charge is 0.389 e. The molecule has 0 aromatic heterocycles. The van der Waals surface area contributed by atoms with Crippen LogP contribution in [0.4, 0.5) is 0 Å². The summed E-state index contributed by atoms with van der Waals surface area (Å²) in [6, 6.07) is 0. The van der Waals surface area contributed by atoms with Crippen molar-refractivity contribution in [2.75, 3.05) is 47.1 Å². The first-order chi connectivity index (χ1) is 8.11. The summed E-state index contributed by atoms with van der Waals surface area (Å²) in [6.07, 6.45) is 2.57. The van der Waals surface area contributed by atoms with Crippen molar-refractivity contribution in [3.63, 3.8) is 0 Å². The monoisotopic (exact) mass is 247 g/mol. The molecule has 0 bridgehead atoms. The summed E-state index contributed by atoms with van der Waals surface area (Å²) in [7, 11) is 3.42. The van der Waals surface area contributed by atoms with Crippen molar-refractivity contribution < 1.29 is 14.6 Å². The van der Waals surface area contributed by atoms with E-state index < -0.39 is 5.60 Å². The van der Waals surface area contributed by atoms with Crippen LogP contribution < -0.4 is 0 Å². The number of nitrogens with zero attached hydrogens (tertiary/aromatic N) is 1. The Morgan fingerprint density at radius 3 is 2.06 bits per heavy atom. The van der Waals surface area contributed by atoms with Gasteiger partial charge < -0.3 is 14.6 Å². The number of methoxy groups -OCH3 is 2. The number of aliphatic hydroxyl groups is 1. The highest BCUT2D eigenvalue weighted by molar-refractivity contribution is 4.79. The zero-order chi connectivity index (χ0) is 13.1. The van der Waals surface area contributed by atoms with Crippen LogP contribution in [0, 0.1) is 0 Å². The Labute approximate surface area is 106 Å². The number of hydrogen-bond donors (Lipinski definition) is 1. The topological polar surface area (TPSA) is 41.9 Å². The van der Waals surface area contributed by atoms with Crippen LogP contribution >= 0.6 is 0 Å². The average Bonchev–Trinajstić information content (AvgIpc) is 2.35. The Morgan fingerprint density at radius 2 is 1.59 bits per heavy atom. The normalized spacial score (nSPS) is 12.4. The van der Waals surface area contributed by atoms with E-state index in [2.05, 4.69) is 4.90 Å². The minimum Gasteiger partial charge on any atom is -0.389 e. The standard InChI is InChI=1S/C13H29NO3/c1-5-13(15,6-2)12-14(9-11-17-4)8-7-10-16-3/h15H,5-12H2,1-4H3. The van der Waals surface area contributed by atoms with Crippen LogP contribution in [0.2, 0.25) is 0 Å². The molecule has 0 fully saturated rings. The molecule has 0 saturated heterocycles. The number of ether oxygens (including phenoxy) is 2. The highest BCUT2D eigenvalue weighted by atomic mass is 16.5. The van der Waals surface area contributed by atoms with Crippen molar-refractivity contribution in [1.29, 1.82) is 0 Å². The maximum absolute atomic E-state index is 10.3. The van der Waals surface area contributed by atoms with Crippen molar-refractivity contribution in [3.8, 4) is 0 Å². The molecule has 0 radical (unpaired) electrons. The first-order valence-electron chi connectivity index (χ1n) is 6.54. The van der Waals surface area contributed by atoms with Gasteiger partial charge in [-0.3, -0.25) is 4.90 Å².